The third-order valence-corrected chi connectivity index (χ3v) is 6.34. The molecule has 5 aromatic rings. The lowest BCUT2D eigenvalue weighted by Gasteiger charge is -2.38. The lowest BCUT2D eigenvalue weighted by molar-refractivity contribution is 0.253. The summed E-state index contributed by atoms with van der Waals surface area (Å²) < 4.78 is 3.84. The zero-order valence-electron chi connectivity index (χ0n) is 17.8. The monoisotopic (exact) mass is 421 g/mol. The second-order valence-electron chi connectivity index (χ2n) is 8.50. The Balaban J connectivity index is 1.55. The first kappa shape index (κ1) is 18.9. The number of rotatable bonds is 4. The van der Waals surface area contributed by atoms with E-state index in [2.05, 4.69) is 51.0 Å². The standard InChI is InChI=1S/C25H23N7/c1-31-16-18(14-28-31)22-27-15-21-24(30-22)32(23(29-21)17-6-3-2-4-7-17)20-10-8-19(9-11-20)25(26)12-5-13-25/h2-4,6-11,14-16H,5,12-13,26H2,1H3. The summed E-state index contributed by atoms with van der Waals surface area (Å²) in [5.41, 5.74) is 11.9. The van der Waals surface area contributed by atoms with Crippen LogP contribution in [0.3, 0.4) is 0 Å². The second kappa shape index (κ2) is 7.10. The van der Waals surface area contributed by atoms with Gasteiger partial charge in [-0.05, 0) is 37.0 Å². The van der Waals surface area contributed by atoms with E-state index in [-0.39, 0.29) is 5.54 Å². The molecule has 0 radical (unpaired) electrons. The molecule has 32 heavy (non-hydrogen) atoms. The van der Waals surface area contributed by atoms with E-state index in [4.69, 9.17) is 15.7 Å². The maximum absolute atomic E-state index is 6.54. The summed E-state index contributed by atoms with van der Waals surface area (Å²) in [5, 5.41) is 4.26. The lowest BCUT2D eigenvalue weighted by atomic mass is 9.73. The fourth-order valence-electron chi connectivity index (χ4n) is 4.36. The van der Waals surface area contributed by atoms with Crippen LogP contribution in [0.15, 0.2) is 73.2 Å². The van der Waals surface area contributed by atoms with E-state index in [0.29, 0.717) is 5.82 Å². The minimum atomic E-state index is -0.187. The van der Waals surface area contributed by atoms with Gasteiger partial charge in [0.2, 0.25) is 0 Å². The van der Waals surface area contributed by atoms with Gasteiger partial charge in [-0.25, -0.2) is 15.0 Å². The molecule has 3 aromatic heterocycles. The van der Waals surface area contributed by atoms with Gasteiger partial charge >= 0.3 is 0 Å². The number of aromatic nitrogens is 6. The number of benzene rings is 2. The summed E-state index contributed by atoms with van der Waals surface area (Å²) in [7, 11) is 1.88. The molecule has 158 valence electrons. The van der Waals surface area contributed by atoms with Crippen LogP contribution in [0, 0.1) is 0 Å². The average molecular weight is 422 g/mol. The molecule has 1 aliphatic rings. The molecule has 7 heteroatoms. The normalized spacial score (nSPS) is 15.1. The van der Waals surface area contributed by atoms with Crippen molar-refractivity contribution >= 4 is 11.2 Å². The molecule has 1 fully saturated rings. The van der Waals surface area contributed by atoms with Crippen LogP contribution in [0.5, 0.6) is 0 Å². The fourth-order valence-corrected chi connectivity index (χ4v) is 4.36. The Morgan fingerprint density at radius 2 is 1.69 bits per heavy atom. The summed E-state index contributed by atoms with van der Waals surface area (Å²) in [4.78, 5) is 14.3. The number of fused-ring (bicyclic) bond motifs is 1. The van der Waals surface area contributed by atoms with Crippen LogP contribution in [0.1, 0.15) is 24.8 Å². The Morgan fingerprint density at radius 3 is 2.34 bits per heavy atom. The highest BCUT2D eigenvalue weighted by molar-refractivity contribution is 5.81. The third-order valence-electron chi connectivity index (χ3n) is 6.34. The van der Waals surface area contributed by atoms with Crippen LogP contribution < -0.4 is 5.73 Å². The highest BCUT2D eigenvalue weighted by atomic mass is 15.2. The number of imidazole rings is 1. The van der Waals surface area contributed by atoms with Crippen LogP contribution in [0.2, 0.25) is 0 Å². The van der Waals surface area contributed by atoms with Crippen LogP contribution in [-0.4, -0.2) is 29.3 Å². The van der Waals surface area contributed by atoms with Gasteiger partial charge in [-0.2, -0.15) is 5.10 Å². The molecule has 0 atom stereocenters. The predicted octanol–water partition coefficient (Wildman–Crippen LogP) is 4.22. The van der Waals surface area contributed by atoms with E-state index < -0.39 is 0 Å². The first-order chi connectivity index (χ1) is 15.6. The summed E-state index contributed by atoms with van der Waals surface area (Å²) in [6.45, 7) is 0. The van der Waals surface area contributed by atoms with Crippen molar-refractivity contribution in [1.29, 1.82) is 0 Å². The Hall–Kier alpha value is -3.84. The van der Waals surface area contributed by atoms with Crippen molar-refractivity contribution in [3.8, 4) is 28.5 Å². The molecule has 0 saturated heterocycles. The van der Waals surface area contributed by atoms with Crippen molar-refractivity contribution in [3.05, 3.63) is 78.8 Å². The van der Waals surface area contributed by atoms with E-state index in [9.17, 15) is 0 Å². The molecule has 0 amide bonds. The maximum Gasteiger partial charge on any atom is 0.169 e. The molecule has 2 N–H and O–H groups in total. The quantitative estimate of drug-likeness (QED) is 0.469. The van der Waals surface area contributed by atoms with Gasteiger partial charge in [-0.3, -0.25) is 9.25 Å². The van der Waals surface area contributed by atoms with Crippen LogP contribution in [0.25, 0.3) is 39.6 Å². The number of hydrogen-bond donors (Lipinski definition) is 1. The van der Waals surface area contributed by atoms with Gasteiger partial charge in [-0.15, -0.1) is 0 Å². The van der Waals surface area contributed by atoms with E-state index in [1.165, 1.54) is 12.0 Å². The van der Waals surface area contributed by atoms with Crippen molar-refractivity contribution in [3.63, 3.8) is 0 Å². The summed E-state index contributed by atoms with van der Waals surface area (Å²) in [5.74, 6) is 1.45. The van der Waals surface area contributed by atoms with Crippen LogP contribution in [0.4, 0.5) is 0 Å². The zero-order chi connectivity index (χ0) is 21.7. The molecule has 3 heterocycles. The molecule has 2 aromatic carbocycles. The maximum atomic E-state index is 6.54. The molecular formula is C25H23N7. The average Bonchev–Trinajstić information content (AvgIpc) is 3.41. The van der Waals surface area contributed by atoms with Gasteiger partial charge in [-0.1, -0.05) is 42.5 Å². The first-order valence-electron chi connectivity index (χ1n) is 10.8. The SMILES string of the molecule is Cn1cc(-c2ncc3nc(-c4ccccc4)n(-c4ccc(C5(N)CCC5)cc4)c3n2)cn1. The molecule has 0 aliphatic heterocycles. The third kappa shape index (κ3) is 3.01. The second-order valence-corrected chi connectivity index (χ2v) is 8.50. The van der Waals surface area contributed by atoms with Gasteiger partial charge in [0.05, 0.1) is 18.0 Å². The van der Waals surface area contributed by atoms with Crippen molar-refractivity contribution < 1.29 is 0 Å². The van der Waals surface area contributed by atoms with E-state index in [1.807, 2.05) is 31.4 Å². The summed E-state index contributed by atoms with van der Waals surface area (Å²) in [6.07, 6.45) is 8.73. The topological polar surface area (TPSA) is 87.4 Å². The lowest BCUT2D eigenvalue weighted by Crippen LogP contribution is -2.43. The van der Waals surface area contributed by atoms with Crippen molar-refractivity contribution in [1.82, 2.24) is 29.3 Å². The molecule has 0 unspecified atom stereocenters. The van der Waals surface area contributed by atoms with Gasteiger partial charge in [0.1, 0.15) is 11.3 Å². The van der Waals surface area contributed by atoms with Crippen LogP contribution in [-0.2, 0) is 12.6 Å². The first-order valence-corrected chi connectivity index (χ1v) is 10.8. The Morgan fingerprint density at radius 1 is 0.906 bits per heavy atom. The molecule has 0 bridgehead atoms. The van der Waals surface area contributed by atoms with Crippen molar-refractivity contribution in [2.75, 3.05) is 0 Å². The molecule has 1 aliphatic carbocycles. The van der Waals surface area contributed by atoms with Gasteiger partial charge in [0, 0.05) is 30.0 Å². The minimum Gasteiger partial charge on any atom is -0.321 e. The summed E-state index contributed by atoms with van der Waals surface area (Å²) >= 11 is 0. The molecule has 1 saturated carbocycles. The van der Waals surface area contributed by atoms with Crippen molar-refractivity contribution in [2.45, 2.75) is 24.8 Å². The van der Waals surface area contributed by atoms with Gasteiger partial charge in [0.15, 0.2) is 11.5 Å². The smallest absolute Gasteiger partial charge is 0.169 e. The Labute approximate surface area is 185 Å². The highest BCUT2D eigenvalue weighted by Crippen LogP contribution is 2.39. The highest BCUT2D eigenvalue weighted by Gasteiger charge is 2.34. The number of aryl methyl sites for hydroxylation is 1. The van der Waals surface area contributed by atoms with E-state index >= 15 is 0 Å². The van der Waals surface area contributed by atoms with Crippen molar-refractivity contribution in [2.24, 2.45) is 12.8 Å². The molecule has 7 nitrogen and oxygen atoms in total. The predicted molar refractivity (Wildman–Crippen MR) is 124 cm³/mol. The largest absolute Gasteiger partial charge is 0.321 e. The molecule has 6 rings (SSSR count). The van der Waals surface area contributed by atoms with E-state index in [0.717, 1.165) is 46.6 Å². The van der Waals surface area contributed by atoms with E-state index in [1.54, 1.807) is 17.1 Å². The molecule has 0 spiro atoms. The van der Waals surface area contributed by atoms with Crippen LogP contribution >= 0.6 is 0 Å². The number of hydrogen-bond acceptors (Lipinski definition) is 5. The molecular weight excluding hydrogens is 398 g/mol. The zero-order valence-corrected chi connectivity index (χ0v) is 17.8. The minimum absolute atomic E-state index is 0.187. The van der Waals surface area contributed by atoms with Gasteiger partial charge in [0.25, 0.3) is 0 Å². The summed E-state index contributed by atoms with van der Waals surface area (Å²) in [6, 6.07) is 18.7. The Kier molecular flexibility index (Phi) is 4.19. The number of nitrogens with zero attached hydrogens (tertiary/aromatic N) is 6. The Bertz CT molecular complexity index is 1410. The van der Waals surface area contributed by atoms with Gasteiger partial charge < -0.3 is 5.73 Å². The number of nitrogens with two attached hydrogens (primary N) is 1. The fraction of sp³-hybridized carbons (Fsp3) is 0.200.